The fraction of sp³-hybridized carbons (Fsp3) is 0.0625. The summed E-state index contributed by atoms with van der Waals surface area (Å²) in [4.78, 5) is 11.2. The molecule has 3 aromatic rings. The lowest BCUT2D eigenvalue weighted by molar-refractivity contribution is 0.111. The Morgan fingerprint density at radius 2 is 2.00 bits per heavy atom. The average Bonchev–Trinajstić information content (AvgIpc) is 2.91. The molecule has 0 saturated carbocycles. The van der Waals surface area contributed by atoms with Crippen LogP contribution in [0, 0.1) is 12.7 Å². The highest BCUT2D eigenvalue weighted by atomic mass is 35.5. The first-order chi connectivity index (χ1) is 10.6. The van der Waals surface area contributed by atoms with Crippen LogP contribution in [0.2, 0.25) is 5.02 Å². The number of halogens is 2. The first-order valence-corrected chi connectivity index (χ1v) is 6.92. The molecule has 0 atom stereocenters. The van der Waals surface area contributed by atoms with E-state index >= 15 is 0 Å². The minimum atomic E-state index is -0.444. The maximum Gasteiger partial charge on any atom is 0.172 e. The zero-order chi connectivity index (χ0) is 15.7. The summed E-state index contributed by atoms with van der Waals surface area (Å²) >= 11 is 5.96. The smallest absolute Gasteiger partial charge is 0.172 e. The molecule has 0 saturated heterocycles. The minimum Gasteiger partial charge on any atom is -0.296 e. The second-order valence-corrected chi connectivity index (χ2v) is 5.20. The third kappa shape index (κ3) is 2.40. The van der Waals surface area contributed by atoms with Gasteiger partial charge in [0.1, 0.15) is 11.5 Å². The number of benzene rings is 2. The molecule has 0 spiro atoms. The molecule has 110 valence electrons. The van der Waals surface area contributed by atoms with Crippen LogP contribution in [-0.2, 0) is 0 Å². The lowest BCUT2D eigenvalue weighted by Gasteiger charge is -2.10. The minimum absolute atomic E-state index is 0.0828. The maximum absolute atomic E-state index is 14.1. The van der Waals surface area contributed by atoms with Crippen LogP contribution in [0.1, 0.15) is 16.1 Å². The number of aryl methyl sites for hydroxylation is 1. The largest absolute Gasteiger partial charge is 0.296 e. The van der Waals surface area contributed by atoms with Gasteiger partial charge in [0.25, 0.3) is 0 Å². The molecule has 0 aliphatic rings. The van der Waals surface area contributed by atoms with E-state index in [0.29, 0.717) is 22.7 Å². The summed E-state index contributed by atoms with van der Waals surface area (Å²) < 4.78 is 15.6. The molecule has 3 rings (SSSR count). The number of rotatable bonds is 3. The summed E-state index contributed by atoms with van der Waals surface area (Å²) in [6.45, 7) is 1.86. The standard InChI is InChI=1S/C16H11ClFN3O/c1-10-8-11(17)6-7-15(10)21-16(14(9-22)19-20-21)12-4-2-3-5-13(12)18/h2-9H,1H3. The Bertz CT molecular complexity index is 860. The molecule has 0 N–H and O–H groups in total. The number of aldehydes is 1. The quantitative estimate of drug-likeness (QED) is 0.690. The van der Waals surface area contributed by atoms with Gasteiger partial charge in [0.2, 0.25) is 0 Å². The normalized spacial score (nSPS) is 10.7. The van der Waals surface area contributed by atoms with Crippen molar-refractivity contribution >= 4 is 17.9 Å². The molecule has 0 bridgehead atoms. The Kier molecular flexibility index (Phi) is 3.73. The second kappa shape index (κ2) is 5.69. The zero-order valence-electron chi connectivity index (χ0n) is 11.6. The third-order valence-corrected chi connectivity index (χ3v) is 3.56. The van der Waals surface area contributed by atoms with E-state index in [4.69, 9.17) is 11.6 Å². The van der Waals surface area contributed by atoms with E-state index in [-0.39, 0.29) is 11.3 Å². The van der Waals surface area contributed by atoms with Gasteiger partial charge in [-0.15, -0.1) is 5.10 Å². The van der Waals surface area contributed by atoms with Crippen LogP contribution in [-0.4, -0.2) is 21.3 Å². The van der Waals surface area contributed by atoms with Gasteiger partial charge in [-0.05, 0) is 42.8 Å². The van der Waals surface area contributed by atoms with Crippen molar-refractivity contribution in [2.75, 3.05) is 0 Å². The Labute approximate surface area is 131 Å². The number of carbonyl (C=O) groups is 1. The van der Waals surface area contributed by atoms with Crippen LogP contribution in [0.15, 0.2) is 42.5 Å². The van der Waals surface area contributed by atoms with Crippen LogP contribution in [0.5, 0.6) is 0 Å². The van der Waals surface area contributed by atoms with E-state index < -0.39 is 5.82 Å². The lowest BCUT2D eigenvalue weighted by atomic mass is 10.1. The Hall–Kier alpha value is -2.53. The summed E-state index contributed by atoms with van der Waals surface area (Å²) in [5.74, 6) is -0.444. The average molecular weight is 316 g/mol. The molecule has 1 aromatic heterocycles. The van der Waals surface area contributed by atoms with Gasteiger partial charge in [-0.3, -0.25) is 4.79 Å². The molecule has 0 radical (unpaired) electrons. The van der Waals surface area contributed by atoms with E-state index in [1.54, 1.807) is 36.4 Å². The highest BCUT2D eigenvalue weighted by Gasteiger charge is 2.19. The molecule has 0 aliphatic heterocycles. The van der Waals surface area contributed by atoms with Gasteiger partial charge in [0.05, 0.1) is 5.69 Å². The van der Waals surface area contributed by atoms with E-state index in [1.807, 2.05) is 6.92 Å². The first-order valence-electron chi connectivity index (χ1n) is 6.54. The number of hydrogen-bond donors (Lipinski definition) is 0. The van der Waals surface area contributed by atoms with Gasteiger partial charge >= 0.3 is 0 Å². The van der Waals surface area contributed by atoms with E-state index in [1.165, 1.54) is 10.7 Å². The SMILES string of the molecule is Cc1cc(Cl)ccc1-n1nnc(C=O)c1-c1ccccc1F. The van der Waals surface area contributed by atoms with E-state index in [0.717, 1.165) is 5.56 Å². The predicted octanol–water partition coefficient (Wildman–Crippen LogP) is 3.85. The van der Waals surface area contributed by atoms with Gasteiger partial charge in [0, 0.05) is 10.6 Å². The molecule has 0 unspecified atom stereocenters. The van der Waals surface area contributed by atoms with Crippen molar-refractivity contribution in [3.8, 4) is 16.9 Å². The molecule has 22 heavy (non-hydrogen) atoms. The van der Waals surface area contributed by atoms with E-state index in [2.05, 4.69) is 10.3 Å². The van der Waals surface area contributed by atoms with Crippen LogP contribution >= 0.6 is 11.6 Å². The van der Waals surface area contributed by atoms with Gasteiger partial charge in [-0.1, -0.05) is 28.9 Å². The fourth-order valence-electron chi connectivity index (χ4n) is 2.30. The van der Waals surface area contributed by atoms with E-state index in [9.17, 15) is 9.18 Å². The highest BCUT2D eigenvalue weighted by molar-refractivity contribution is 6.30. The van der Waals surface area contributed by atoms with Gasteiger partial charge in [0.15, 0.2) is 12.0 Å². The molecule has 0 fully saturated rings. The number of carbonyl (C=O) groups excluding carboxylic acids is 1. The van der Waals surface area contributed by atoms with Crippen molar-refractivity contribution in [3.05, 3.63) is 64.6 Å². The van der Waals surface area contributed by atoms with Crippen LogP contribution in [0.25, 0.3) is 16.9 Å². The monoisotopic (exact) mass is 315 g/mol. The van der Waals surface area contributed by atoms with Gasteiger partial charge < -0.3 is 0 Å². The van der Waals surface area contributed by atoms with Crippen molar-refractivity contribution in [2.45, 2.75) is 6.92 Å². The molecule has 4 nitrogen and oxygen atoms in total. The Morgan fingerprint density at radius 1 is 1.23 bits per heavy atom. The van der Waals surface area contributed by atoms with Crippen molar-refractivity contribution in [2.24, 2.45) is 0 Å². The Morgan fingerprint density at radius 3 is 2.68 bits per heavy atom. The van der Waals surface area contributed by atoms with Gasteiger partial charge in [-0.2, -0.15) is 0 Å². The molecule has 0 aliphatic carbocycles. The van der Waals surface area contributed by atoms with Crippen LogP contribution < -0.4 is 0 Å². The van der Waals surface area contributed by atoms with Gasteiger partial charge in [-0.25, -0.2) is 9.07 Å². The molecule has 1 heterocycles. The summed E-state index contributed by atoms with van der Waals surface area (Å²) in [5.41, 5.74) is 2.19. The summed E-state index contributed by atoms with van der Waals surface area (Å²) in [6.07, 6.45) is 0.566. The number of hydrogen-bond acceptors (Lipinski definition) is 3. The fourth-order valence-corrected chi connectivity index (χ4v) is 2.53. The first kappa shape index (κ1) is 14.4. The van der Waals surface area contributed by atoms with Crippen LogP contribution in [0.4, 0.5) is 4.39 Å². The Balaban J connectivity index is 2.29. The van der Waals surface area contributed by atoms with Crippen molar-refractivity contribution in [1.29, 1.82) is 0 Å². The predicted molar refractivity (Wildman–Crippen MR) is 81.9 cm³/mol. The number of nitrogens with zero attached hydrogens (tertiary/aromatic N) is 3. The highest BCUT2D eigenvalue weighted by Crippen LogP contribution is 2.28. The molecule has 6 heteroatoms. The lowest BCUT2D eigenvalue weighted by Crippen LogP contribution is -2.03. The van der Waals surface area contributed by atoms with Crippen molar-refractivity contribution < 1.29 is 9.18 Å². The summed E-state index contributed by atoms with van der Waals surface area (Å²) in [6, 6.07) is 11.4. The molecule has 2 aromatic carbocycles. The summed E-state index contributed by atoms with van der Waals surface area (Å²) in [5, 5.41) is 8.42. The molecular formula is C16H11ClFN3O. The molecular weight excluding hydrogens is 305 g/mol. The van der Waals surface area contributed by atoms with Crippen molar-refractivity contribution in [3.63, 3.8) is 0 Å². The third-order valence-electron chi connectivity index (χ3n) is 3.32. The molecule has 0 amide bonds. The summed E-state index contributed by atoms with van der Waals surface area (Å²) in [7, 11) is 0. The zero-order valence-corrected chi connectivity index (χ0v) is 12.4. The second-order valence-electron chi connectivity index (χ2n) is 4.76. The van der Waals surface area contributed by atoms with Crippen molar-refractivity contribution in [1.82, 2.24) is 15.0 Å². The topological polar surface area (TPSA) is 47.8 Å². The van der Waals surface area contributed by atoms with Crippen LogP contribution in [0.3, 0.4) is 0 Å². The number of aromatic nitrogens is 3. The maximum atomic E-state index is 14.1.